The molecule has 0 amide bonds. The second-order valence-electron chi connectivity index (χ2n) is 6.97. The summed E-state index contributed by atoms with van der Waals surface area (Å²) in [6.07, 6.45) is 3.02. The van der Waals surface area contributed by atoms with E-state index in [0.29, 0.717) is 19.6 Å². The van der Waals surface area contributed by atoms with Crippen LogP contribution in [-0.4, -0.2) is 73.1 Å². The molecule has 0 unspecified atom stereocenters. The second kappa shape index (κ2) is 8.51. The number of nitrogens with zero attached hydrogens (tertiary/aromatic N) is 3. The standard InChI is InChI=1S/C17H25N3O6S/c21-14(12-18-7-1-2-8-18)13-26-17-6-5-15(11-16(17)20(22)23)27(24,25)19-9-3-4-10-19/h5-6,11,14,21H,1-4,7-10,12-13H2/t14-/m0/s1. The summed E-state index contributed by atoms with van der Waals surface area (Å²) in [5, 5.41) is 21.5. The summed E-state index contributed by atoms with van der Waals surface area (Å²) in [7, 11) is -3.74. The minimum atomic E-state index is -3.74. The maximum atomic E-state index is 12.6. The molecule has 0 saturated carbocycles. The third-order valence-corrected chi connectivity index (χ3v) is 6.82. The Bertz CT molecular complexity index is 773. The molecule has 2 fully saturated rings. The first-order valence-corrected chi connectivity index (χ1v) is 10.6. The second-order valence-corrected chi connectivity index (χ2v) is 8.91. The molecule has 2 aliphatic rings. The van der Waals surface area contributed by atoms with E-state index in [1.807, 2.05) is 0 Å². The summed E-state index contributed by atoms with van der Waals surface area (Å²) in [4.78, 5) is 12.7. The fourth-order valence-electron chi connectivity index (χ4n) is 3.50. The minimum absolute atomic E-state index is 0.0409. The Labute approximate surface area is 158 Å². The highest BCUT2D eigenvalue weighted by molar-refractivity contribution is 7.89. The number of hydrogen-bond donors (Lipinski definition) is 1. The molecule has 0 aromatic heterocycles. The van der Waals surface area contributed by atoms with E-state index in [-0.39, 0.29) is 17.3 Å². The maximum absolute atomic E-state index is 12.6. The van der Waals surface area contributed by atoms with Gasteiger partial charge in [0.15, 0.2) is 5.75 Å². The van der Waals surface area contributed by atoms with Gasteiger partial charge in [-0.05, 0) is 50.9 Å². The normalized spacial score (nSPS) is 20.0. The lowest BCUT2D eigenvalue weighted by Gasteiger charge is -2.19. The summed E-state index contributed by atoms with van der Waals surface area (Å²) in [5.74, 6) is -0.0409. The van der Waals surface area contributed by atoms with Gasteiger partial charge in [0.05, 0.1) is 9.82 Å². The molecule has 1 N–H and O–H groups in total. The smallest absolute Gasteiger partial charge is 0.312 e. The lowest BCUT2D eigenvalue weighted by atomic mass is 10.3. The number of aliphatic hydroxyl groups excluding tert-OH is 1. The number of aliphatic hydroxyl groups is 1. The fraction of sp³-hybridized carbons (Fsp3) is 0.647. The predicted octanol–water partition coefficient (Wildman–Crippen LogP) is 1.21. The molecule has 150 valence electrons. The van der Waals surface area contributed by atoms with Crippen molar-refractivity contribution in [1.29, 1.82) is 0 Å². The average Bonchev–Trinajstić information content (AvgIpc) is 3.33. The number of benzene rings is 1. The Morgan fingerprint density at radius 1 is 1.15 bits per heavy atom. The zero-order valence-corrected chi connectivity index (χ0v) is 15.9. The molecule has 0 spiro atoms. The van der Waals surface area contributed by atoms with Gasteiger partial charge in [-0.2, -0.15) is 4.31 Å². The van der Waals surface area contributed by atoms with Crippen LogP contribution >= 0.6 is 0 Å². The number of rotatable bonds is 8. The van der Waals surface area contributed by atoms with Gasteiger partial charge in [-0.1, -0.05) is 0 Å². The van der Waals surface area contributed by atoms with Crippen molar-refractivity contribution in [1.82, 2.24) is 9.21 Å². The van der Waals surface area contributed by atoms with Crippen LogP contribution in [0.3, 0.4) is 0 Å². The SMILES string of the molecule is O=[N+]([O-])c1cc(S(=O)(=O)N2CCCC2)ccc1OC[C@@H](O)CN1CCCC1. The number of nitro groups is 1. The number of likely N-dealkylation sites (tertiary alicyclic amines) is 1. The molecule has 1 atom stereocenters. The fourth-order valence-corrected chi connectivity index (χ4v) is 5.04. The Morgan fingerprint density at radius 2 is 1.78 bits per heavy atom. The molecular formula is C17H25N3O6S. The van der Waals surface area contributed by atoms with Gasteiger partial charge in [0.1, 0.15) is 12.7 Å². The van der Waals surface area contributed by atoms with Crippen LogP contribution in [0.25, 0.3) is 0 Å². The van der Waals surface area contributed by atoms with E-state index in [0.717, 1.165) is 44.8 Å². The van der Waals surface area contributed by atoms with Crippen LogP contribution in [-0.2, 0) is 10.0 Å². The highest BCUT2D eigenvalue weighted by Crippen LogP contribution is 2.32. The highest BCUT2D eigenvalue weighted by Gasteiger charge is 2.30. The lowest BCUT2D eigenvalue weighted by Crippen LogP contribution is -2.33. The minimum Gasteiger partial charge on any atom is -0.484 e. The van der Waals surface area contributed by atoms with Crippen LogP contribution in [0, 0.1) is 10.1 Å². The van der Waals surface area contributed by atoms with Gasteiger partial charge in [0, 0.05) is 25.7 Å². The molecule has 9 nitrogen and oxygen atoms in total. The molecule has 27 heavy (non-hydrogen) atoms. The first-order chi connectivity index (χ1) is 12.9. The van der Waals surface area contributed by atoms with E-state index in [1.54, 1.807) is 0 Å². The molecule has 1 aromatic carbocycles. The molecule has 2 aliphatic heterocycles. The van der Waals surface area contributed by atoms with Crippen molar-refractivity contribution >= 4 is 15.7 Å². The molecule has 3 rings (SSSR count). The number of ether oxygens (including phenoxy) is 1. The van der Waals surface area contributed by atoms with Gasteiger partial charge in [-0.3, -0.25) is 10.1 Å². The molecule has 1 aromatic rings. The number of sulfonamides is 1. The Kier molecular flexibility index (Phi) is 6.30. The van der Waals surface area contributed by atoms with Crippen LogP contribution < -0.4 is 4.74 Å². The first kappa shape index (κ1) is 20.0. The van der Waals surface area contributed by atoms with Crippen LogP contribution in [0.5, 0.6) is 5.75 Å². The third kappa shape index (κ3) is 4.75. The summed E-state index contributed by atoms with van der Waals surface area (Å²) in [6, 6.07) is 3.66. The lowest BCUT2D eigenvalue weighted by molar-refractivity contribution is -0.386. The third-order valence-electron chi connectivity index (χ3n) is 4.93. The predicted molar refractivity (Wildman–Crippen MR) is 98.3 cm³/mol. The highest BCUT2D eigenvalue weighted by atomic mass is 32.2. The quantitative estimate of drug-likeness (QED) is 0.516. The molecule has 2 saturated heterocycles. The maximum Gasteiger partial charge on any atom is 0.312 e. The van der Waals surface area contributed by atoms with Gasteiger partial charge >= 0.3 is 5.69 Å². The van der Waals surface area contributed by atoms with Crippen LogP contribution in [0.2, 0.25) is 0 Å². The van der Waals surface area contributed by atoms with Crippen LogP contribution in [0.4, 0.5) is 5.69 Å². The summed E-state index contributed by atoms with van der Waals surface area (Å²) >= 11 is 0. The Hall–Kier alpha value is -1.75. The van der Waals surface area contributed by atoms with Gasteiger partial charge in [0.25, 0.3) is 0 Å². The zero-order chi connectivity index (χ0) is 19.4. The molecule has 2 heterocycles. The Balaban J connectivity index is 1.71. The van der Waals surface area contributed by atoms with E-state index >= 15 is 0 Å². The van der Waals surface area contributed by atoms with Crippen LogP contribution in [0.15, 0.2) is 23.1 Å². The van der Waals surface area contributed by atoms with Crippen molar-refractivity contribution in [2.75, 3.05) is 39.3 Å². The van der Waals surface area contributed by atoms with Gasteiger partial charge in [-0.25, -0.2) is 8.42 Å². The van der Waals surface area contributed by atoms with Gasteiger partial charge in [0.2, 0.25) is 10.0 Å². The van der Waals surface area contributed by atoms with E-state index in [9.17, 15) is 23.6 Å². The number of β-amino-alcohol motifs (C(OH)–C–C–N with tert-alkyl or cyclic N) is 1. The summed E-state index contributed by atoms with van der Waals surface area (Å²) in [5.41, 5.74) is -0.413. The van der Waals surface area contributed by atoms with Gasteiger partial charge < -0.3 is 14.7 Å². The van der Waals surface area contributed by atoms with Gasteiger partial charge in [-0.15, -0.1) is 0 Å². The van der Waals surface area contributed by atoms with E-state index in [1.165, 1.54) is 16.4 Å². The monoisotopic (exact) mass is 399 g/mol. The average molecular weight is 399 g/mol. The topological polar surface area (TPSA) is 113 Å². The van der Waals surface area contributed by atoms with Crippen molar-refractivity contribution in [3.8, 4) is 5.75 Å². The number of hydrogen-bond acceptors (Lipinski definition) is 7. The molecule has 0 bridgehead atoms. The van der Waals surface area contributed by atoms with E-state index < -0.39 is 26.7 Å². The summed E-state index contributed by atoms with van der Waals surface area (Å²) < 4.78 is 32.0. The van der Waals surface area contributed by atoms with Crippen molar-refractivity contribution in [2.24, 2.45) is 0 Å². The number of nitro benzene ring substituents is 1. The van der Waals surface area contributed by atoms with Crippen LogP contribution in [0.1, 0.15) is 25.7 Å². The first-order valence-electron chi connectivity index (χ1n) is 9.20. The molecule has 0 radical (unpaired) electrons. The zero-order valence-electron chi connectivity index (χ0n) is 15.1. The van der Waals surface area contributed by atoms with Crippen molar-refractivity contribution in [3.05, 3.63) is 28.3 Å². The molecule has 0 aliphatic carbocycles. The van der Waals surface area contributed by atoms with E-state index in [2.05, 4.69) is 4.90 Å². The van der Waals surface area contributed by atoms with Crippen molar-refractivity contribution < 1.29 is 23.2 Å². The van der Waals surface area contributed by atoms with Crippen molar-refractivity contribution in [2.45, 2.75) is 36.7 Å². The van der Waals surface area contributed by atoms with Crippen molar-refractivity contribution in [3.63, 3.8) is 0 Å². The summed E-state index contributed by atoms with van der Waals surface area (Å²) in [6.45, 7) is 3.08. The molecule has 10 heteroatoms. The molecular weight excluding hydrogens is 374 g/mol. The Morgan fingerprint density at radius 3 is 2.41 bits per heavy atom. The largest absolute Gasteiger partial charge is 0.484 e. The van der Waals surface area contributed by atoms with E-state index in [4.69, 9.17) is 4.74 Å².